The Kier molecular flexibility index (Phi) is 3.07. The van der Waals surface area contributed by atoms with E-state index >= 15 is 0 Å². The average molecular weight is 206 g/mol. The van der Waals surface area contributed by atoms with Crippen molar-refractivity contribution in [3.05, 3.63) is 29.6 Å². The second-order valence-corrected chi connectivity index (χ2v) is 2.75. The Bertz CT molecular complexity index is 296. The first kappa shape index (κ1) is 10.9. The van der Waals surface area contributed by atoms with Crippen LogP contribution in [-0.4, -0.2) is 4.98 Å². The summed E-state index contributed by atoms with van der Waals surface area (Å²) in [5.41, 5.74) is -0.425. The average Bonchev–Trinajstić information content (AvgIpc) is 2.15. The minimum absolute atomic E-state index is 0.468. The summed E-state index contributed by atoms with van der Waals surface area (Å²) in [6.45, 7) is 1.62. The van der Waals surface area contributed by atoms with Crippen LogP contribution in [0.15, 0.2) is 18.3 Å². The molecule has 78 valence electrons. The van der Waals surface area contributed by atoms with Gasteiger partial charge in [-0.1, -0.05) is 6.07 Å². The molecule has 1 rings (SSSR count). The van der Waals surface area contributed by atoms with E-state index in [-0.39, 0.29) is 0 Å². The van der Waals surface area contributed by atoms with Crippen molar-refractivity contribution in [2.45, 2.75) is 19.2 Å². The molecule has 0 saturated carbocycles. The molecule has 0 bridgehead atoms. The largest absolute Gasteiger partial charge is 0.433 e. The maximum Gasteiger partial charge on any atom is 0.433 e. The Hall–Kier alpha value is -1.14. The molecule has 1 heterocycles. The van der Waals surface area contributed by atoms with Crippen LogP contribution < -0.4 is 5.90 Å². The molecule has 14 heavy (non-hydrogen) atoms. The number of hydrogen-bond acceptors (Lipinski definition) is 3. The second kappa shape index (κ2) is 3.93. The summed E-state index contributed by atoms with van der Waals surface area (Å²) < 4.78 is 36.3. The van der Waals surface area contributed by atoms with E-state index in [4.69, 9.17) is 5.90 Å². The highest BCUT2D eigenvalue weighted by Gasteiger charge is 2.32. The highest BCUT2D eigenvalue weighted by atomic mass is 19.4. The SMILES string of the molecule is CC(ON)c1ccc(C(F)(F)F)nc1. The van der Waals surface area contributed by atoms with Crippen molar-refractivity contribution in [1.82, 2.24) is 4.98 Å². The standard InChI is InChI=1S/C8H9F3N2O/c1-5(14-12)6-2-3-7(13-4-6)8(9,10)11/h2-5H,12H2,1H3. The summed E-state index contributed by atoms with van der Waals surface area (Å²) >= 11 is 0. The third-order valence-corrected chi connectivity index (χ3v) is 1.75. The number of nitrogens with zero attached hydrogens (tertiary/aromatic N) is 1. The zero-order chi connectivity index (χ0) is 10.8. The monoisotopic (exact) mass is 206 g/mol. The summed E-state index contributed by atoms with van der Waals surface area (Å²) in [7, 11) is 0. The molecular formula is C8H9F3N2O. The molecule has 0 amide bonds. The summed E-state index contributed by atoms with van der Waals surface area (Å²) in [6, 6.07) is 2.18. The Morgan fingerprint density at radius 2 is 2.07 bits per heavy atom. The lowest BCUT2D eigenvalue weighted by molar-refractivity contribution is -0.141. The van der Waals surface area contributed by atoms with E-state index in [1.54, 1.807) is 6.92 Å². The minimum atomic E-state index is -4.41. The van der Waals surface area contributed by atoms with Crippen LogP contribution in [0.5, 0.6) is 0 Å². The topological polar surface area (TPSA) is 48.1 Å². The number of alkyl halides is 3. The molecular weight excluding hydrogens is 197 g/mol. The molecule has 1 aromatic rings. The zero-order valence-corrected chi connectivity index (χ0v) is 7.38. The van der Waals surface area contributed by atoms with Crippen LogP contribution in [0.2, 0.25) is 0 Å². The van der Waals surface area contributed by atoms with Crippen molar-refractivity contribution < 1.29 is 18.0 Å². The Labute approximate surface area is 78.6 Å². The van der Waals surface area contributed by atoms with Gasteiger partial charge in [-0.15, -0.1) is 0 Å². The van der Waals surface area contributed by atoms with Gasteiger partial charge in [0.15, 0.2) is 0 Å². The maximum atomic E-state index is 12.1. The molecule has 0 spiro atoms. The highest BCUT2D eigenvalue weighted by Crippen LogP contribution is 2.28. The lowest BCUT2D eigenvalue weighted by atomic mass is 10.2. The third-order valence-electron chi connectivity index (χ3n) is 1.75. The van der Waals surface area contributed by atoms with Gasteiger partial charge in [-0.25, -0.2) is 5.90 Å². The van der Waals surface area contributed by atoms with Crippen molar-refractivity contribution >= 4 is 0 Å². The number of aromatic nitrogens is 1. The van der Waals surface area contributed by atoms with Gasteiger partial charge >= 0.3 is 6.18 Å². The smallest absolute Gasteiger partial charge is 0.297 e. The van der Waals surface area contributed by atoms with Crippen LogP contribution in [-0.2, 0) is 11.0 Å². The van der Waals surface area contributed by atoms with Crippen LogP contribution in [0.3, 0.4) is 0 Å². The summed E-state index contributed by atoms with van der Waals surface area (Å²) in [4.78, 5) is 7.70. The first-order valence-corrected chi connectivity index (χ1v) is 3.84. The van der Waals surface area contributed by atoms with Crippen LogP contribution >= 0.6 is 0 Å². The van der Waals surface area contributed by atoms with Crippen molar-refractivity contribution in [1.29, 1.82) is 0 Å². The van der Waals surface area contributed by atoms with E-state index in [2.05, 4.69) is 9.82 Å². The third kappa shape index (κ3) is 2.43. The molecule has 0 radical (unpaired) electrons. The Morgan fingerprint density at radius 1 is 1.43 bits per heavy atom. The van der Waals surface area contributed by atoms with Crippen molar-refractivity contribution in [2.24, 2.45) is 5.90 Å². The molecule has 0 saturated heterocycles. The van der Waals surface area contributed by atoms with E-state index in [1.165, 1.54) is 6.07 Å². The van der Waals surface area contributed by atoms with E-state index < -0.39 is 18.0 Å². The molecule has 0 aliphatic carbocycles. The molecule has 1 unspecified atom stereocenters. The van der Waals surface area contributed by atoms with Crippen LogP contribution in [0.25, 0.3) is 0 Å². The van der Waals surface area contributed by atoms with E-state index in [0.717, 1.165) is 12.3 Å². The first-order chi connectivity index (χ1) is 6.45. The maximum absolute atomic E-state index is 12.1. The van der Waals surface area contributed by atoms with E-state index in [0.29, 0.717) is 5.56 Å². The van der Waals surface area contributed by atoms with Gasteiger partial charge in [0.2, 0.25) is 0 Å². The fourth-order valence-corrected chi connectivity index (χ4v) is 0.892. The number of hydrogen-bond donors (Lipinski definition) is 1. The van der Waals surface area contributed by atoms with Crippen LogP contribution in [0.1, 0.15) is 24.3 Å². The first-order valence-electron chi connectivity index (χ1n) is 3.84. The summed E-state index contributed by atoms with van der Waals surface area (Å²) in [6.07, 6.45) is -3.78. The number of pyridine rings is 1. The van der Waals surface area contributed by atoms with Gasteiger partial charge < -0.3 is 0 Å². The summed E-state index contributed by atoms with van der Waals surface area (Å²) in [5, 5.41) is 0. The van der Waals surface area contributed by atoms with Gasteiger partial charge in [0, 0.05) is 11.8 Å². The number of halogens is 3. The molecule has 1 atom stereocenters. The molecule has 2 N–H and O–H groups in total. The summed E-state index contributed by atoms with van der Waals surface area (Å²) in [5.74, 6) is 4.88. The quantitative estimate of drug-likeness (QED) is 0.753. The predicted molar refractivity (Wildman–Crippen MR) is 42.9 cm³/mol. The van der Waals surface area contributed by atoms with Crippen molar-refractivity contribution in [2.75, 3.05) is 0 Å². The van der Waals surface area contributed by atoms with Gasteiger partial charge in [0.05, 0.1) is 0 Å². The lowest BCUT2D eigenvalue weighted by Crippen LogP contribution is -2.10. The van der Waals surface area contributed by atoms with Gasteiger partial charge in [0.25, 0.3) is 0 Å². The molecule has 0 fully saturated rings. The van der Waals surface area contributed by atoms with Crippen molar-refractivity contribution in [3.63, 3.8) is 0 Å². The van der Waals surface area contributed by atoms with Gasteiger partial charge in [-0.05, 0) is 13.0 Å². The predicted octanol–water partition coefficient (Wildman–Crippen LogP) is 2.05. The Balaban J connectivity index is 2.89. The minimum Gasteiger partial charge on any atom is -0.297 e. The second-order valence-electron chi connectivity index (χ2n) is 2.75. The molecule has 0 aliphatic heterocycles. The fraction of sp³-hybridized carbons (Fsp3) is 0.375. The molecule has 0 aliphatic rings. The number of rotatable bonds is 2. The van der Waals surface area contributed by atoms with Gasteiger partial charge in [-0.2, -0.15) is 13.2 Å². The zero-order valence-electron chi connectivity index (χ0n) is 7.38. The number of nitrogens with two attached hydrogens (primary N) is 1. The molecule has 3 nitrogen and oxygen atoms in total. The van der Waals surface area contributed by atoms with E-state index in [9.17, 15) is 13.2 Å². The van der Waals surface area contributed by atoms with E-state index in [1.807, 2.05) is 0 Å². The highest BCUT2D eigenvalue weighted by molar-refractivity contribution is 5.17. The van der Waals surface area contributed by atoms with Crippen LogP contribution in [0.4, 0.5) is 13.2 Å². The fourth-order valence-electron chi connectivity index (χ4n) is 0.892. The lowest BCUT2D eigenvalue weighted by Gasteiger charge is -2.10. The molecule has 6 heteroatoms. The van der Waals surface area contributed by atoms with Crippen molar-refractivity contribution in [3.8, 4) is 0 Å². The Morgan fingerprint density at radius 3 is 2.43 bits per heavy atom. The van der Waals surface area contributed by atoms with Gasteiger partial charge in [0.1, 0.15) is 11.8 Å². The molecule has 1 aromatic heterocycles. The normalized spacial score (nSPS) is 14.1. The van der Waals surface area contributed by atoms with Gasteiger partial charge in [-0.3, -0.25) is 9.82 Å². The molecule has 0 aromatic carbocycles. The van der Waals surface area contributed by atoms with Crippen LogP contribution in [0, 0.1) is 0 Å².